The molecule has 0 aromatic heterocycles. The zero-order valence-electron chi connectivity index (χ0n) is 11.4. The van der Waals surface area contributed by atoms with Gasteiger partial charge in [0.2, 0.25) is 0 Å². The van der Waals surface area contributed by atoms with Gasteiger partial charge in [0, 0.05) is 0 Å². The number of benzene rings is 3. The Balaban J connectivity index is 1.85. The van der Waals surface area contributed by atoms with Gasteiger partial charge >= 0.3 is 0 Å². The van der Waals surface area contributed by atoms with Gasteiger partial charge in [-0.15, -0.1) is 0 Å². The summed E-state index contributed by atoms with van der Waals surface area (Å²) < 4.78 is 0. The second-order valence-corrected chi connectivity index (χ2v) is 5.02. The van der Waals surface area contributed by atoms with Crippen LogP contribution in [-0.2, 0) is 12.8 Å². The summed E-state index contributed by atoms with van der Waals surface area (Å²) in [4.78, 5) is 0. The van der Waals surface area contributed by atoms with E-state index >= 15 is 0 Å². The summed E-state index contributed by atoms with van der Waals surface area (Å²) in [6.45, 7) is 0. The molecule has 0 heterocycles. The first-order chi connectivity index (χ1) is 9.92. The Bertz CT molecular complexity index is 593. The molecule has 0 spiro atoms. The minimum Gasteiger partial charge on any atom is -0.0622 e. The number of rotatable bonds is 4. The molecule has 0 N–H and O–H groups in total. The predicted octanol–water partition coefficient (Wildman–Crippen LogP) is 4.67. The van der Waals surface area contributed by atoms with Crippen LogP contribution in [0.2, 0.25) is 0 Å². The second-order valence-electron chi connectivity index (χ2n) is 5.02. The first-order valence-electron chi connectivity index (χ1n) is 6.97. The van der Waals surface area contributed by atoms with Crippen LogP contribution in [0.4, 0.5) is 0 Å². The average Bonchev–Trinajstić information content (AvgIpc) is 2.51. The van der Waals surface area contributed by atoms with Crippen molar-refractivity contribution in [1.82, 2.24) is 0 Å². The summed E-state index contributed by atoms with van der Waals surface area (Å²) >= 11 is 0. The standard InChI is InChI=1S/C20H17/c1-3-9-17(10-4-1)15-19-13-7-8-14-20(19)16-18-11-5-2-6-12-18/h1-7,9-14H,15-16H2. The van der Waals surface area contributed by atoms with Gasteiger partial charge in [-0.25, -0.2) is 0 Å². The van der Waals surface area contributed by atoms with Gasteiger partial charge in [0.15, 0.2) is 0 Å². The van der Waals surface area contributed by atoms with Crippen molar-refractivity contribution in [2.45, 2.75) is 12.8 Å². The van der Waals surface area contributed by atoms with Crippen molar-refractivity contribution in [3.8, 4) is 0 Å². The van der Waals surface area contributed by atoms with Gasteiger partial charge in [0.05, 0.1) is 0 Å². The monoisotopic (exact) mass is 257 g/mol. The van der Waals surface area contributed by atoms with E-state index < -0.39 is 0 Å². The van der Waals surface area contributed by atoms with Crippen LogP contribution in [0.3, 0.4) is 0 Å². The van der Waals surface area contributed by atoms with Gasteiger partial charge < -0.3 is 0 Å². The van der Waals surface area contributed by atoms with E-state index in [1.165, 1.54) is 22.3 Å². The molecule has 0 unspecified atom stereocenters. The molecule has 0 aliphatic heterocycles. The Kier molecular flexibility index (Phi) is 3.93. The zero-order valence-corrected chi connectivity index (χ0v) is 11.4. The third kappa shape index (κ3) is 3.16. The summed E-state index contributed by atoms with van der Waals surface area (Å²) in [5, 5.41) is 0. The lowest BCUT2D eigenvalue weighted by molar-refractivity contribution is 1.09. The lowest BCUT2D eigenvalue weighted by Gasteiger charge is -2.09. The fraction of sp³-hybridized carbons (Fsp3) is 0.100. The molecule has 0 aliphatic rings. The van der Waals surface area contributed by atoms with Crippen LogP contribution in [-0.4, -0.2) is 0 Å². The van der Waals surface area contributed by atoms with Crippen molar-refractivity contribution in [2.75, 3.05) is 0 Å². The van der Waals surface area contributed by atoms with E-state index in [-0.39, 0.29) is 0 Å². The van der Waals surface area contributed by atoms with Crippen LogP contribution >= 0.6 is 0 Å². The smallest absolute Gasteiger partial charge is 0.00227 e. The van der Waals surface area contributed by atoms with Crippen LogP contribution in [0.15, 0.2) is 78.9 Å². The summed E-state index contributed by atoms with van der Waals surface area (Å²) in [7, 11) is 0. The van der Waals surface area contributed by atoms with E-state index in [1.807, 2.05) is 6.07 Å². The molecular formula is C20H17. The van der Waals surface area contributed by atoms with Crippen LogP contribution in [0.5, 0.6) is 0 Å². The molecule has 1 radical (unpaired) electrons. The lowest BCUT2D eigenvalue weighted by Crippen LogP contribution is -1.97. The first-order valence-corrected chi connectivity index (χ1v) is 6.97. The quantitative estimate of drug-likeness (QED) is 0.637. The molecule has 3 rings (SSSR count). The second kappa shape index (κ2) is 6.21. The lowest BCUT2D eigenvalue weighted by atomic mass is 9.95. The Morgan fingerprint density at radius 1 is 0.600 bits per heavy atom. The van der Waals surface area contributed by atoms with Crippen LogP contribution in [0.1, 0.15) is 22.3 Å². The first kappa shape index (κ1) is 12.7. The van der Waals surface area contributed by atoms with E-state index in [4.69, 9.17) is 0 Å². The molecule has 20 heavy (non-hydrogen) atoms. The van der Waals surface area contributed by atoms with E-state index in [0.29, 0.717) is 0 Å². The minimum absolute atomic E-state index is 0.973. The van der Waals surface area contributed by atoms with Crippen molar-refractivity contribution in [1.29, 1.82) is 0 Å². The van der Waals surface area contributed by atoms with Gasteiger partial charge in [0.1, 0.15) is 0 Å². The molecule has 0 amide bonds. The highest BCUT2D eigenvalue weighted by Gasteiger charge is 2.04. The largest absolute Gasteiger partial charge is 0.0622 e. The number of hydrogen-bond acceptors (Lipinski definition) is 0. The molecule has 0 fully saturated rings. The van der Waals surface area contributed by atoms with Crippen LogP contribution in [0, 0.1) is 6.07 Å². The van der Waals surface area contributed by atoms with Gasteiger partial charge in [0.25, 0.3) is 0 Å². The molecule has 0 saturated heterocycles. The topological polar surface area (TPSA) is 0 Å². The average molecular weight is 257 g/mol. The molecular weight excluding hydrogens is 240 g/mol. The Labute approximate surface area is 120 Å². The summed E-state index contributed by atoms with van der Waals surface area (Å²) in [6, 6.07) is 30.8. The third-order valence-electron chi connectivity index (χ3n) is 3.53. The molecule has 0 bridgehead atoms. The van der Waals surface area contributed by atoms with Crippen LogP contribution in [0.25, 0.3) is 0 Å². The van der Waals surface area contributed by atoms with Crippen molar-refractivity contribution >= 4 is 0 Å². The van der Waals surface area contributed by atoms with Crippen molar-refractivity contribution in [3.05, 3.63) is 107 Å². The highest BCUT2D eigenvalue weighted by atomic mass is 14.1. The fourth-order valence-corrected chi connectivity index (χ4v) is 2.47. The Hall–Kier alpha value is -2.34. The molecule has 0 atom stereocenters. The van der Waals surface area contributed by atoms with Gasteiger partial charge in [-0.2, -0.15) is 0 Å². The van der Waals surface area contributed by atoms with E-state index in [9.17, 15) is 0 Å². The minimum atomic E-state index is 0.973. The summed E-state index contributed by atoms with van der Waals surface area (Å²) in [6.07, 6.45) is 1.96. The number of hydrogen-bond donors (Lipinski definition) is 0. The predicted molar refractivity (Wildman–Crippen MR) is 83.8 cm³/mol. The molecule has 0 saturated carbocycles. The maximum atomic E-state index is 3.21. The van der Waals surface area contributed by atoms with Gasteiger partial charge in [-0.3, -0.25) is 0 Å². The maximum Gasteiger partial charge on any atom is -0.00227 e. The van der Waals surface area contributed by atoms with Crippen molar-refractivity contribution < 1.29 is 0 Å². The highest BCUT2D eigenvalue weighted by molar-refractivity contribution is 5.36. The molecule has 97 valence electrons. The molecule has 3 aromatic rings. The summed E-state index contributed by atoms with van der Waals surface area (Å²) in [5.41, 5.74) is 5.45. The fourth-order valence-electron chi connectivity index (χ4n) is 2.47. The van der Waals surface area contributed by atoms with E-state index in [1.54, 1.807) is 0 Å². The maximum absolute atomic E-state index is 3.21. The van der Waals surface area contributed by atoms with E-state index in [0.717, 1.165) is 12.8 Å². The van der Waals surface area contributed by atoms with Gasteiger partial charge in [-0.1, -0.05) is 78.9 Å². The van der Waals surface area contributed by atoms with Crippen LogP contribution < -0.4 is 0 Å². The zero-order chi connectivity index (χ0) is 13.6. The molecule has 0 nitrogen and oxygen atoms in total. The molecule has 0 aliphatic carbocycles. The SMILES string of the molecule is [c]1ccc(Cc2ccccc2)c(Cc2ccccc2)c1. The van der Waals surface area contributed by atoms with Crippen molar-refractivity contribution in [2.24, 2.45) is 0 Å². The summed E-state index contributed by atoms with van der Waals surface area (Å²) in [5.74, 6) is 0. The normalized spacial score (nSPS) is 10.4. The van der Waals surface area contributed by atoms with Crippen molar-refractivity contribution in [3.63, 3.8) is 0 Å². The molecule has 0 heteroatoms. The molecule has 3 aromatic carbocycles. The highest BCUT2D eigenvalue weighted by Crippen LogP contribution is 2.17. The Morgan fingerprint density at radius 3 is 1.75 bits per heavy atom. The Morgan fingerprint density at radius 2 is 1.15 bits per heavy atom. The third-order valence-corrected chi connectivity index (χ3v) is 3.53. The van der Waals surface area contributed by atoms with Gasteiger partial charge in [-0.05, 0) is 41.2 Å². The van der Waals surface area contributed by atoms with E-state index in [2.05, 4.69) is 78.9 Å².